The summed E-state index contributed by atoms with van der Waals surface area (Å²) in [6.07, 6.45) is 0. The Labute approximate surface area is 55.4 Å². The molecule has 0 aromatic rings. The van der Waals surface area contributed by atoms with Crippen molar-refractivity contribution in [1.82, 2.24) is 0 Å². The molecule has 0 saturated carbocycles. The predicted octanol–water partition coefficient (Wildman–Crippen LogP) is 1.10. The highest BCUT2D eigenvalue weighted by Crippen LogP contribution is 1.82. The molecule has 0 aliphatic rings. The van der Waals surface area contributed by atoms with Gasteiger partial charge in [0.1, 0.15) is 7.11 Å². The van der Waals surface area contributed by atoms with E-state index in [0.29, 0.717) is 0 Å². The topological polar surface area (TPSA) is 34.0 Å². The Morgan fingerprint density at radius 1 is 1.22 bits per heavy atom. The number of hydrogen-bond donors (Lipinski definition) is 0. The summed E-state index contributed by atoms with van der Waals surface area (Å²) in [5, 5.41) is 3.68. The third kappa shape index (κ3) is 2.85. The lowest BCUT2D eigenvalue weighted by Gasteiger charge is -1.94. The summed E-state index contributed by atoms with van der Waals surface area (Å²) in [7, 11) is 3.25. The quantitative estimate of drug-likeness (QED) is 0.405. The zero-order chi connectivity index (χ0) is 7.28. The minimum atomic E-state index is 0.819. The number of hydrogen-bond acceptors (Lipinski definition) is 3. The fourth-order valence-corrected chi connectivity index (χ4v) is 0.365. The van der Waals surface area contributed by atoms with Gasteiger partial charge in [0.2, 0.25) is 0 Å². The van der Waals surface area contributed by atoms with Gasteiger partial charge in [-0.2, -0.15) is 0 Å². The second kappa shape index (κ2) is 4.06. The van der Waals surface area contributed by atoms with E-state index in [4.69, 9.17) is 0 Å². The summed E-state index contributed by atoms with van der Waals surface area (Å²) < 4.78 is 0. The molecule has 0 radical (unpaired) electrons. The molecule has 0 aromatic carbocycles. The number of rotatable bonds is 2. The zero-order valence-electron chi connectivity index (χ0n) is 6.30. The van der Waals surface area contributed by atoms with Crippen LogP contribution in [-0.2, 0) is 4.84 Å². The molecule has 0 heterocycles. The van der Waals surface area contributed by atoms with Crippen LogP contribution < -0.4 is 0 Å². The molecule has 0 spiro atoms. The standard InChI is InChI=1S/C6H12N2O/c1-5(7-3)6(2)8-9-4/h1-4H3/b7-5?,8-6+. The van der Waals surface area contributed by atoms with E-state index < -0.39 is 0 Å². The smallest absolute Gasteiger partial charge is 0.106 e. The third-order valence-corrected chi connectivity index (χ3v) is 1.09. The van der Waals surface area contributed by atoms with Gasteiger partial charge in [0, 0.05) is 7.05 Å². The second-order valence-corrected chi connectivity index (χ2v) is 1.67. The van der Waals surface area contributed by atoms with Gasteiger partial charge in [-0.1, -0.05) is 5.16 Å². The monoisotopic (exact) mass is 128 g/mol. The normalized spacial score (nSPS) is 13.8. The van der Waals surface area contributed by atoms with Gasteiger partial charge in [-0.05, 0) is 13.8 Å². The highest BCUT2D eigenvalue weighted by Gasteiger charge is 1.92. The lowest BCUT2D eigenvalue weighted by molar-refractivity contribution is 0.214. The molecule has 0 amide bonds. The van der Waals surface area contributed by atoms with Gasteiger partial charge in [-0.15, -0.1) is 0 Å². The molecule has 0 N–H and O–H groups in total. The van der Waals surface area contributed by atoms with Crippen LogP contribution in [0.1, 0.15) is 13.8 Å². The zero-order valence-corrected chi connectivity index (χ0v) is 6.30. The van der Waals surface area contributed by atoms with Crippen LogP contribution in [0.5, 0.6) is 0 Å². The molecule has 0 bridgehead atoms. The van der Waals surface area contributed by atoms with E-state index in [0.717, 1.165) is 11.4 Å². The van der Waals surface area contributed by atoms with Gasteiger partial charge in [0.05, 0.1) is 11.4 Å². The molecule has 0 aliphatic heterocycles. The molecular weight excluding hydrogens is 116 g/mol. The average molecular weight is 128 g/mol. The fourth-order valence-electron chi connectivity index (χ4n) is 0.365. The van der Waals surface area contributed by atoms with Crippen LogP contribution in [0.25, 0.3) is 0 Å². The molecule has 9 heavy (non-hydrogen) atoms. The third-order valence-electron chi connectivity index (χ3n) is 1.09. The first kappa shape index (κ1) is 8.14. The highest BCUT2D eigenvalue weighted by atomic mass is 16.6. The van der Waals surface area contributed by atoms with E-state index in [1.165, 1.54) is 7.11 Å². The summed E-state index contributed by atoms with van der Waals surface area (Å²) >= 11 is 0. The molecule has 0 atom stereocenters. The molecule has 0 saturated heterocycles. The summed E-state index contributed by atoms with van der Waals surface area (Å²) in [6.45, 7) is 3.74. The maximum atomic E-state index is 4.53. The molecule has 3 heteroatoms. The Kier molecular flexibility index (Phi) is 3.67. The van der Waals surface area contributed by atoms with Crippen LogP contribution in [0.2, 0.25) is 0 Å². The van der Waals surface area contributed by atoms with Crippen molar-refractivity contribution in [3.63, 3.8) is 0 Å². The van der Waals surface area contributed by atoms with E-state index >= 15 is 0 Å². The molecule has 3 nitrogen and oxygen atoms in total. The minimum Gasteiger partial charge on any atom is -0.399 e. The number of oxime groups is 1. The van der Waals surface area contributed by atoms with Crippen molar-refractivity contribution in [2.24, 2.45) is 10.1 Å². The maximum Gasteiger partial charge on any atom is 0.106 e. The molecule has 0 unspecified atom stereocenters. The van der Waals surface area contributed by atoms with Gasteiger partial charge >= 0.3 is 0 Å². The van der Waals surface area contributed by atoms with Crippen LogP contribution in [0, 0.1) is 0 Å². The van der Waals surface area contributed by atoms with Crippen molar-refractivity contribution in [3.8, 4) is 0 Å². The van der Waals surface area contributed by atoms with Crippen molar-refractivity contribution in [3.05, 3.63) is 0 Å². The van der Waals surface area contributed by atoms with Crippen LogP contribution >= 0.6 is 0 Å². The largest absolute Gasteiger partial charge is 0.399 e. The van der Waals surface area contributed by atoms with Gasteiger partial charge in [0.25, 0.3) is 0 Å². The Hall–Kier alpha value is -0.860. The van der Waals surface area contributed by atoms with Crippen molar-refractivity contribution < 1.29 is 4.84 Å². The summed E-state index contributed by atoms with van der Waals surface area (Å²) in [5.74, 6) is 0. The minimum absolute atomic E-state index is 0.819. The Balaban J connectivity index is 4.03. The van der Waals surface area contributed by atoms with Crippen LogP contribution in [0.15, 0.2) is 10.1 Å². The second-order valence-electron chi connectivity index (χ2n) is 1.67. The molecule has 52 valence electrons. The Morgan fingerprint density at radius 3 is 2.11 bits per heavy atom. The average Bonchev–Trinajstić information content (AvgIpc) is 1.87. The first-order chi connectivity index (χ1) is 4.22. The van der Waals surface area contributed by atoms with Crippen LogP contribution in [-0.4, -0.2) is 25.6 Å². The number of nitrogens with zero attached hydrogens (tertiary/aromatic N) is 2. The van der Waals surface area contributed by atoms with Crippen LogP contribution in [0.4, 0.5) is 0 Å². The van der Waals surface area contributed by atoms with Crippen LogP contribution in [0.3, 0.4) is 0 Å². The SMILES string of the molecule is CN=C(C)/C(C)=N/OC. The lowest BCUT2D eigenvalue weighted by atomic mass is 10.3. The first-order valence-electron chi connectivity index (χ1n) is 2.74. The molecular formula is C6H12N2O. The summed E-state index contributed by atoms with van der Waals surface area (Å²) in [4.78, 5) is 8.45. The van der Waals surface area contributed by atoms with Crippen molar-refractivity contribution in [1.29, 1.82) is 0 Å². The van der Waals surface area contributed by atoms with Gasteiger partial charge < -0.3 is 4.84 Å². The summed E-state index contributed by atoms with van der Waals surface area (Å²) in [5.41, 5.74) is 1.72. The number of aliphatic imine (C=N–C) groups is 1. The van der Waals surface area contributed by atoms with Crippen molar-refractivity contribution >= 4 is 11.4 Å². The van der Waals surface area contributed by atoms with E-state index in [1.807, 2.05) is 13.8 Å². The first-order valence-corrected chi connectivity index (χ1v) is 2.74. The van der Waals surface area contributed by atoms with Gasteiger partial charge in [-0.25, -0.2) is 0 Å². The van der Waals surface area contributed by atoms with Crippen molar-refractivity contribution in [2.45, 2.75) is 13.8 Å². The lowest BCUT2D eigenvalue weighted by Crippen LogP contribution is -2.05. The predicted molar refractivity (Wildman–Crippen MR) is 39.2 cm³/mol. The van der Waals surface area contributed by atoms with E-state index in [2.05, 4.69) is 15.0 Å². The Morgan fingerprint density at radius 2 is 1.78 bits per heavy atom. The maximum absolute atomic E-state index is 4.53. The summed E-state index contributed by atoms with van der Waals surface area (Å²) in [6, 6.07) is 0. The van der Waals surface area contributed by atoms with E-state index in [1.54, 1.807) is 7.05 Å². The molecule has 0 aliphatic carbocycles. The van der Waals surface area contributed by atoms with Crippen molar-refractivity contribution in [2.75, 3.05) is 14.2 Å². The van der Waals surface area contributed by atoms with Gasteiger partial charge in [-0.3, -0.25) is 4.99 Å². The molecule has 0 rings (SSSR count). The van der Waals surface area contributed by atoms with Gasteiger partial charge in [0.15, 0.2) is 0 Å². The highest BCUT2D eigenvalue weighted by molar-refractivity contribution is 6.40. The molecule has 0 fully saturated rings. The van der Waals surface area contributed by atoms with E-state index in [-0.39, 0.29) is 0 Å². The van der Waals surface area contributed by atoms with E-state index in [9.17, 15) is 0 Å². The molecule has 0 aromatic heterocycles. The fraction of sp³-hybridized carbons (Fsp3) is 0.667. The Bertz CT molecular complexity index is 138.